The molecule has 0 bridgehead atoms. The molecule has 1 fully saturated rings. The highest BCUT2D eigenvalue weighted by atomic mass is 35.5. The number of amides is 1. The zero-order valence-corrected chi connectivity index (χ0v) is 12.3. The third kappa shape index (κ3) is 3.69. The average Bonchev–Trinajstić information content (AvgIpc) is 2.88. The van der Waals surface area contributed by atoms with Crippen LogP contribution in [0.15, 0.2) is 24.3 Å². The van der Waals surface area contributed by atoms with E-state index >= 15 is 0 Å². The SMILES string of the molecule is CN(C)C1CCN(C(=O)c2ccc(CN)cc2)C1.Cl. The first-order valence-corrected chi connectivity index (χ1v) is 6.36. The first-order valence-electron chi connectivity index (χ1n) is 6.36. The number of nitrogens with two attached hydrogens (primary N) is 1. The highest BCUT2D eigenvalue weighted by Crippen LogP contribution is 2.16. The van der Waals surface area contributed by atoms with E-state index in [1.165, 1.54) is 0 Å². The van der Waals surface area contributed by atoms with Gasteiger partial charge in [-0.1, -0.05) is 12.1 Å². The van der Waals surface area contributed by atoms with Gasteiger partial charge in [-0.05, 0) is 38.2 Å². The molecule has 0 spiro atoms. The van der Waals surface area contributed by atoms with Gasteiger partial charge in [0.2, 0.25) is 0 Å². The zero-order chi connectivity index (χ0) is 13.1. The number of carbonyl (C=O) groups is 1. The maximum absolute atomic E-state index is 12.3. The van der Waals surface area contributed by atoms with E-state index in [9.17, 15) is 4.79 Å². The Morgan fingerprint density at radius 1 is 1.37 bits per heavy atom. The summed E-state index contributed by atoms with van der Waals surface area (Å²) in [5, 5.41) is 0. The number of hydrogen-bond donors (Lipinski definition) is 1. The van der Waals surface area contributed by atoms with Gasteiger partial charge in [0, 0.05) is 31.2 Å². The predicted octanol–water partition coefficient (Wildman–Crippen LogP) is 1.34. The highest BCUT2D eigenvalue weighted by Gasteiger charge is 2.27. The minimum Gasteiger partial charge on any atom is -0.337 e. The fourth-order valence-corrected chi connectivity index (χ4v) is 2.31. The number of hydrogen-bond acceptors (Lipinski definition) is 3. The molecule has 0 aromatic heterocycles. The molecule has 19 heavy (non-hydrogen) atoms. The van der Waals surface area contributed by atoms with Crippen molar-refractivity contribution < 1.29 is 4.79 Å². The molecule has 0 radical (unpaired) electrons. The summed E-state index contributed by atoms with van der Waals surface area (Å²) >= 11 is 0. The predicted molar refractivity (Wildman–Crippen MR) is 79.6 cm³/mol. The lowest BCUT2D eigenvalue weighted by molar-refractivity contribution is 0.0783. The van der Waals surface area contributed by atoms with Crippen molar-refractivity contribution in [3.05, 3.63) is 35.4 Å². The van der Waals surface area contributed by atoms with Gasteiger partial charge in [0.25, 0.3) is 5.91 Å². The molecular weight excluding hydrogens is 262 g/mol. The van der Waals surface area contributed by atoms with E-state index in [2.05, 4.69) is 19.0 Å². The van der Waals surface area contributed by atoms with Crippen LogP contribution >= 0.6 is 12.4 Å². The Labute approximate surface area is 121 Å². The molecule has 106 valence electrons. The van der Waals surface area contributed by atoms with Crippen LogP contribution in [0, 0.1) is 0 Å². The van der Waals surface area contributed by atoms with Gasteiger partial charge in [-0.25, -0.2) is 0 Å². The van der Waals surface area contributed by atoms with Crippen LogP contribution in [0.2, 0.25) is 0 Å². The standard InChI is InChI=1S/C14H21N3O.ClH/c1-16(2)13-7-8-17(10-13)14(18)12-5-3-11(9-15)4-6-12;/h3-6,13H,7-10,15H2,1-2H3;1H. The van der Waals surface area contributed by atoms with E-state index in [4.69, 9.17) is 5.73 Å². The van der Waals surface area contributed by atoms with E-state index in [0.29, 0.717) is 12.6 Å². The number of halogens is 1. The van der Waals surface area contributed by atoms with Gasteiger partial charge in [0.15, 0.2) is 0 Å². The van der Waals surface area contributed by atoms with Crippen LogP contribution in [-0.4, -0.2) is 48.9 Å². The molecule has 1 atom stereocenters. The number of likely N-dealkylation sites (tertiary alicyclic amines) is 1. The van der Waals surface area contributed by atoms with Gasteiger partial charge in [-0.3, -0.25) is 4.79 Å². The van der Waals surface area contributed by atoms with Gasteiger partial charge in [0.05, 0.1) is 0 Å². The average molecular weight is 284 g/mol. The van der Waals surface area contributed by atoms with E-state index in [1.807, 2.05) is 29.2 Å². The number of rotatable bonds is 3. The second kappa shape index (κ2) is 6.89. The van der Waals surface area contributed by atoms with Crippen LogP contribution in [0.5, 0.6) is 0 Å². The summed E-state index contributed by atoms with van der Waals surface area (Å²) in [6.07, 6.45) is 1.06. The van der Waals surface area contributed by atoms with Gasteiger partial charge in [0.1, 0.15) is 0 Å². The highest BCUT2D eigenvalue weighted by molar-refractivity contribution is 5.94. The Kier molecular flexibility index (Phi) is 5.79. The van der Waals surface area contributed by atoms with E-state index in [1.54, 1.807) is 0 Å². The van der Waals surface area contributed by atoms with Gasteiger partial charge < -0.3 is 15.5 Å². The Bertz CT molecular complexity index is 419. The Hall–Kier alpha value is -1.10. The van der Waals surface area contributed by atoms with E-state index < -0.39 is 0 Å². The van der Waals surface area contributed by atoms with Crippen molar-refractivity contribution in [1.82, 2.24) is 9.80 Å². The molecule has 1 aliphatic heterocycles. The molecule has 1 amide bonds. The van der Waals surface area contributed by atoms with Crippen molar-refractivity contribution in [1.29, 1.82) is 0 Å². The summed E-state index contributed by atoms with van der Waals surface area (Å²) in [6.45, 7) is 2.19. The summed E-state index contributed by atoms with van der Waals surface area (Å²) in [5.74, 6) is 0.128. The zero-order valence-electron chi connectivity index (χ0n) is 11.5. The van der Waals surface area contributed by atoms with Crippen LogP contribution in [0.25, 0.3) is 0 Å². The van der Waals surface area contributed by atoms with Crippen molar-refractivity contribution in [2.45, 2.75) is 19.0 Å². The second-order valence-electron chi connectivity index (χ2n) is 5.06. The summed E-state index contributed by atoms with van der Waals surface area (Å²) in [7, 11) is 4.13. The lowest BCUT2D eigenvalue weighted by Gasteiger charge is -2.20. The van der Waals surface area contributed by atoms with Crippen molar-refractivity contribution in [3.8, 4) is 0 Å². The van der Waals surface area contributed by atoms with Crippen molar-refractivity contribution in [2.24, 2.45) is 5.73 Å². The maximum atomic E-state index is 12.3. The molecule has 4 nitrogen and oxygen atoms in total. The normalized spacial score (nSPS) is 18.5. The summed E-state index contributed by atoms with van der Waals surface area (Å²) in [4.78, 5) is 16.4. The minimum absolute atomic E-state index is 0. The van der Waals surface area contributed by atoms with Crippen molar-refractivity contribution in [2.75, 3.05) is 27.2 Å². The molecule has 2 rings (SSSR count). The number of carbonyl (C=O) groups excluding carboxylic acids is 1. The van der Waals surface area contributed by atoms with Gasteiger partial charge in [-0.2, -0.15) is 0 Å². The monoisotopic (exact) mass is 283 g/mol. The smallest absolute Gasteiger partial charge is 0.253 e. The lowest BCUT2D eigenvalue weighted by atomic mass is 10.1. The summed E-state index contributed by atoms with van der Waals surface area (Å²) < 4.78 is 0. The molecule has 5 heteroatoms. The lowest BCUT2D eigenvalue weighted by Crippen LogP contribution is -2.34. The van der Waals surface area contributed by atoms with Crippen LogP contribution in [0.1, 0.15) is 22.3 Å². The Balaban J connectivity index is 0.00000180. The second-order valence-corrected chi connectivity index (χ2v) is 5.06. The van der Waals surface area contributed by atoms with E-state index in [-0.39, 0.29) is 18.3 Å². The summed E-state index contributed by atoms with van der Waals surface area (Å²) in [5.41, 5.74) is 7.36. The Morgan fingerprint density at radius 2 is 2.00 bits per heavy atom. The molecule has 1 aromatic carbocycles. The maximum Gasteiger partial charge on any atom is 0.253 e. The molecule has 2 N–H and O–H groups in total. The fourth-order valence-electron chi connectivity index (χ4n) is 2.31. The molecule has 0 saturated carbocycles. The van der Waals surface area contributed by atoms with Gasteiger partial charge in [-0.15, -0.1) is 12.4 Å². The first-order chi connectivity index (χ1) is 8.61. The molecule has 1 aromatic rings. The fraction of sp³-hybridized carbons (Fsp3) is 0.500. The number of nitrogens with zero attached hydrogens (tertiary/aromatic N) is 2. The van der Waals surface area contributed by atoms with Crippen LogP contribution < -0.4 is 5.73 Å². The van der Waals surface area contributed by atoms with Crippen LogP contribution in [0.4, 0.5) is 0 Å². The first kappa shape index (κ1) is 16.0. The topological polar surface area (TPSA) is 49.6 Å². The van der Waals surface area contributed by atoms with E-state index in [0.717, 1.165) is 30.6 Å². The third-order valence-corrected chi connectivity index (χ3v) is 3.62. The molecule has 1 heterocycles. The molecule has 1 saturated heterocycles. The number of likely N-dealkylation sites (N-methyl/N-ethyl adjacent to an activating group) is 1. The Morgan fingerprint density at radius 3 is 2.47 bits per heavy atom. The third-order valence-electron chi connectivity index (χ3n) is 3.62. The molecule has 0 aliphatic carbocycles. The minimum atomic E-state index is 0. The molecule has 1 unspecified atom stereocenters. The van der Waals surface area contributed by atoms with Crippen molar-refractivity contribution >= 4 is 18.3 Å². The molecular formula is C14H22ClN3O. The largest absolute Gasteiger partial charge is 0.337 e. The van der Waals surface area contributed by atoms with Crippen molar-refractivity contribution in [3.63, 3.8) is 0 Å². The summed E-state index contributed by atoms with van der Waals surface area (Å²) in [6, 6.07) is 8.07. The molecule has 1 aliphatic rings. The van der Waals surface area contributed by atoms with Crippen LogP contribution in [-0.2, 0) is 6.54 Å². The number of benzene rings is 1. The van der Waals surface area contributed by atoms with Crippen LogP contribution in [0.3, 0.4) is 0 Å². The quantitative estimate of drug-likeness (QED) is 0.911. The van der Waals surface area contributed by atoms with Gasteiger partial charge >= 0.3 is 0 Å².